The molecule has 0 unspecified atom stereocenters. The Morgan fingerprint density at radius 1 is 1.36 bits per heavy atom. The molecule has 3 aromatic heterocycles. The Kier molecular flexibility index (Phi) is 3.97. The van der Waals surface area contributed by atoms with E-state index in [-0.39, 0.29) is 12.5 Å². The number of rotatable bonds is 4. The van der Waals surface area contributed by atoms with Crippen molar-refractivity contribution >= 4 is 5.91 Å². The highest BCUT2D eigenvalue weighted by atomic mass is 16.5. The second-order valence-corrected chi connectivity index (χ2v) is 5.99. The number of amides is 1. The Balaban J connectivity index is 1.49. The van der Waals surface area contributed by atoms with Crippen LogP contribution in [-0.2, 0) is 26.6 Å². The smallest absolute Gasteiger partial charge is 0.270 e. The number of nitrogens with zero attached hydrogens (tertiary/aromatic N) is 4. The zero-order valence-corrected chi connectivity index (χ0v) is 13.9. The summed E-state index contributed by atoms with van der Waals surface area (Å²) in [6, 6.07) is 7.35. The minimum Gasteiger partial charge on any atom is -0.486 e. The molecule has 0 fully saturated rings. The standard InChI is InChI=1S/C18H18N4O3/c1-21-8-3-5-16(21)18(23)22-9-6-17-14(11-22)15(20-25-17)12-24-13-4-2-7-19-10-13/h2-5,7-8,10H,6,9,11-12H2,1H3. The number of ether oxygens (including phenoxy) is 1. The lowest BCUT2D eigenvalue weighted by Gasteiger charge is -2.26. The average Bonchev–Trinajstić information content (AvgIpc) is 3.26. The zero-order valence-electron chi connectivity index (χ0n) is 13.9. The van der Waals surface area contributed by atoms with Crippen LogP contribution in [0, 0.1) is 0 Å². The van der Waals surface area contributed by atoms with Crippen molar-refractivity contribution in [1.82, 2.24) is 19.6 Å². The Hall–Kier alpha value is -3.09. The number of aryl methyl sites for hydroxylation is 1. The van der Waals surface area contributed by atoms with E-state index < -0.39 is 0 Å². The van der Waals surface area contributed by atoms with Crippen molar-refractivity contribution in [3.8, 4) is 5.75 Å². The second-order valence-electron chi connectivity index (χ2n) is 5.99. The Morgan fingerprint density at radius 2 is 2.28 bits per heavy atom. The van der Waals surface area contributed by atoms with Crippen LogP contribution in [0.2, 0.25) is 0 Å². The molecule has 0 saturated carbocycles. The van der Waals surface area contributed by atoms with E-state index in [1.165, 1.54) is 0 Å². The first-order chi connectivity index (χ1) is 12.2. The van der Waals surface area contributed by atoms with Gasteiger partial charge in [-0.1, -0.05) is 5.16 Å². The molecule has 0 aromatic carbocycles. The number of hydrogen-bond donors (Lipinski definition) is 0. The first-order valence-electron chi connectivity index (χ1n) is 8.12. The van der Waals surface area contributed by atoms with E-state index in [2.05, 4.69) is 10.1 Å². The van der Waals surface area contributed by atoms with Crippen molar-refractivity contribution in [3.05, 3.63) is 65.6 Å². The lowest BCUT2D eigenvalue weighted by atomic mass is 10.1. The summed E-state index contributed by atoms with van der Waals surface area (Å²) in [5.41, 5.74) is 2.34. The predicted octanol–water partition coefficient (Wildman–Crippen LogP) is 2.19. The number of aromatic nitrogens is 3. The van der Waals surface area contributed by atoms with Crippen molar-refractivity contribution in [2.45, 2.75) is 19.6 Å². The molecule has 0 aliphatic carbocycles. The van der Waals surface area contributed by atoms with Gasteiger partial charge in [-0.25, -0.2) is 0 Å². The summed E-state index contributed by atoms with van der Waals surface area (Å²) in [5, 5.41) is 4.12. The molecule has 0 atom stereocenters. The first kappa shape index (κ1) is 15.4. The van der Waals surface area contributed by atoms with E-state index in [0.29, 0.717) is 31.0 Å². The maximum absolute atomic E-state index is 12.7. The Bertz CT molecular complexity index is 885. The summed E-state index contributed by atoms with van der Waals surface area (Å²) in [5.74, 6) is 1.52. The summed E-state index contributed by atoms with van der Waals surface area (Å²) in [7, 11) is 1.87. The first-order valence-corrected chi connectivity index (χ1v) is 8.12. The molecule has 25 heavy (non-hydrogen) atoms. The fourth-order valence-corrected chi connectivity index (χ4v) is 2.98. The number of hydrogen-bond acceptors (Lipinski definition) is 5. The van der Waals surface area contributed by atoms with Gasteiger partial charge < -0.3 is 18.7 Å². The fraction of sp³-hybridized carbons (Fsp3) is 0.278. The third kappa shape index (κ3) is 3.00. The van der Waals surface area contributed by atoms with E-state index in [1.54, 1.807) is 12.4 Å². The molecular formula is C18H18N4O3. The third-order valence-electron chi connectivity index (χ3n) is 4.37. The molecule has 4 heterocycles. The molecule has 7 heteroatoms. The highest BCUT2D eigenvalue weighted by Gasteiger charge is 2.28. The quantitative estimate of drug-likeness (QED) is 0.729. The van der Waals surface area contributed by atoms with Crippen LogP contribution in [0.3, 0.4) is 0 Å². The molecule has 0 N–H and O–H groups in total. The lowest BCUT2D eigenvalue weighted by molar-refractivity contribution is 0.0718. The van der Waals surface area contributed by atoms with Crippen LogP contribution in [0.15, 0.2) is 47.4 Å². The van der Waals surface area contributed by atoms with Crippen molar-refractivity contribution in [2.75, 3.05) is 6.54 Å². The molecule has 0 bridgehead atoms. The van der Waals surface area contributed by atoms with Crippen LogP contribution in [-0.4, -0.2) is 32.1 Å². The van der Waals surface area contributed by atoms with Gasteiger partial charge in [0.25, 0.3) is 5.91 Å². The van der Waals surface area contributed by atoms with Gasteiger partial charge in [0.2, 0.25) is 0 Å². The van der Waals surface area contributed by atoms with Gasteiger partial charge in [-0.3, -0.25) is 9.78 Å². The topological polar surface area (TPSA) is 73.4 Å². The maximum atomic E-state index is 12.7. The molecule has 4 rings (SSSR count). The predicted molar refractivity (Wildman–Crippen MR) is 88.9 cm³/mol. The van der Waals surface area contributed by atoms with Crippen LogP contribution in [0.25, 0.3) is 0 Å². The molecule has 1 amide bonds. The minimum absolute atomic E-state index is 0.0125. The van der Waals surface area contributed by atoms with Crippen LogP contribution < -0.4 is 4.74 Å². The van der Waals surface area contributed by atoms with Crippen LogP contribution in [0.5, 0.6) is 5.75 Å². The summed E-state index contributed by atoms with van der Waals surface area (Å²) in [4.78, 5) is 18.6. The van der Waals surface area contributed by atoms with E-state index in [9.17, 15) is 4.79 Å². The van der Waals surface area contributed by atoms with Crippen LogP contribution >= 0.6 is 0 Å². The highest BCUT2D eigenvalue weighted by Crippen LogP contribution is 2.24. The van der Waals surface area contributed by atoms with E-state index >= 15 is 0 Å². The largest absolute Gasteiger partial charge is 0.486 e. The SMILES string of the molecule is Cn1cccc1C(=O)N1CCc2onc(COc3cccnc3)c2C1. The molecule has 1 aliphatic heterocycles. The van der Waals surface area contributed by atoms with Gasteiger partial charge in [0.05, 0.1) is 12.7 Å². The van der Waals surface area contributed by atoms with E-state index in [4.69, 9.17) is 9.26 Å². The van der Waals surface area contributed by atoms with Gasteiger partial charge in [-0.05, 0) is 24.3 Å². The Labute approximate surface area is 144 Å². The van der Waals surface area contributed by atoms with E-state index in [1.807, 2.05) is 47.0 Å². The lowest BCUT2D eigenvalue weighted by Crippen LogP contribution is -2.36. The van der Waals surface area contributed by atoms with Gasteiger partial charge in [0, 0.05) is 38.0 Å². The highest BCUT2D eigenvalue weighted by molar-refractivity contribution is 5.92. The monoisotopic (exact) mass is 338 g/mol. The normalized spacial score (nSPS) is 13.6. The maximum Gasteiger partial charge on any atom is 0.270 e. The van der Waals surface area contributed by atoms with Gasteiger partial charge in [0.1, 0.15) is 29.5 Å². The van der Waals surface area contributed by atoms with Crippen molar-refractivity contribution < 1.29 is 14.1 Å². The Morgan fingerprint density at radius 3 is 3.04 bits per heavy atom. The molecule has 128 valence electrons. The van der Waals surface area contributed by atoms with Gasteiger partial charge in [-0.15, -0.1) is 0 Å². The van der Waals surface area contributed by atoms with Crippen LogP contribution in [0.1, 0.15) is 27.5 Å². The molecule has 0 radical (unpaired) electrons. The number of carbonyl (C=O) groups excluding carboxylic acids is 1. The molecule has 3 aromatic rings. The van der Waals surface area contributed by atoms with Crippen molar-refractivity contribution in [2.24, 2.45) is 7.05 Å². The van der Waals surface area contributed by atoms with Crippen molar-refractivity contribution in [1.29, 1.82) is 0 Å². The van der Waals surface area contributed by atoms with Crippen LogP contribution in [0.4, 0.5) is 0 Å². The molecule has 1 aliphatic rings. The summed E-state index contributed by atoms with van der Waals surface area (Å²) >= 11 is 0. The molecule has 0 saturated heterocycles. The minimum atomic E-state index is 0.0125. The third-order valence-corrected chi connectivity index (χ3v) is 4.37. The zero-order chi connectivity index (χ0) is 17.2. The van der Waals surface area contributed by atoms with Gasteiger partial charge in [0.15, 0.2) is 0 Å². The van der Waals surface area contributed by atoms with E-state index in [0.717, 1.165) is 17.0 Å². The van der Waals surface area contributed by atoms with Crippen molar-refractivity contribution in [3.63, 3.8) is 0 Å². The summed E-state index contributed by atoms with van der Waals surface area (Å²) < 4.78 is 13.0. The number of fused-ring (bicyclic) bond motifs is 1. The molecule has 0 spiro atoms. The van der Waals surface area contributed by atoms with Gasteiger partial charge in [-0.2, -0.15) is 0 Å². The average molecular weight is 338 g/mol. The van der Waals surface area contributed by atoms with Gasteiger partial charge >= 0.3 is 0 Å². The fourth-order valence-electron chi connectivity index (χ4n) is 2.98. The molecular weight excluding hydrogens is 320 g/mol. The second kappa shape index (κ2) is 6.43. The summed E-state index contributed by atoms with van der Waals surface area (Å²) in [6.07, 6.45) is 5.87. The number of carbonyl (C=O) groups is 1. The summed E-state index contributed by atoms with van der Waals surface area (Å²) in [6.45, 7) is 1.39. The number of pyridine rings is 1. The molecule has 7 nitrogen and oxygen atoms in total.